The molecule has 2 amide bonds. The number of hydrogen-bond donors (Lipinski definition) is 1. The van der Waals surface area contributed by atoms with Crippen molar-refractivity contribution in [2.75, 3.05) is 37.5 Å². The molecule has 1 aromatic heterocycles. The summed E-state index contributed by atoms with van der Waals surface area (Å²) in [6, 6.07) is 11.3. The molecule has 0 radical (unpaired) electrons. The van der Waals surface area contributed by atoms with Gasteiger partial charge in [0.15, 0.2) is 0 Å². The predicted octanol–water partition coefficient (Wildman–Crippen LogP) is 7.06. The quantitative estimate of drug-likeness (QED) is 0.210. The molecule has 1 N–H and O–H groups in total. The van der Waals surface area contributed by atoms with Crippen molar-refractivity contribution in [1.29, 1.82) is 0 Å². The van der Waals surface area contributed by atoms with Crippen LogP contribution in [0.15, 0.2) is 59.1 Å². The number of rotatable bonds is 5. The SMILES string of the molecule is COc1nn(C)cc1C(=O)NS1(=O)=NC(=O)c2ccc3c(c2)N(C[C@@H]2CC[C@H]2[C@@H](OC(=O)OC(C)C)/C=C\C[C@H](C)C1)C[C@@]1(CCCc2cc(Cl)ccc21)CO3. The molecule has 1 unspecified atom stereocenters. The van der Waals surface area contributed by atoms with Crippen LogP contribution in [0, 0.1) is 17.8 Å². The fraction of sp³-hybridized carbons (Fsp3) is 0.512. The van der Waals surface area contributed by atoms with Crippen LogP contribution in [0.5, 0.6) is 11.6 Å². The van der Waals surface area contributed by atoms with E-state index >= 15 is 0 Å². The molecule has 6 atom stereocenters. The molecule has 3 heterocycles. The molecule has 4 aliphatic rings. The van der Waals surface area contributed by atoms with Gasteiger partial charge in [-0.3, -0.25) is 19.0 Å². The summed E-state index contributed by atoms with van der Waals surface area (Å²) in [5.74, 6) is -1.06. The summed E-state index contributed by atoms with van der Waals surface area (Å²) >= 11 is 6.47. The van der Waals surface area contributed by atoms with Gasteiger partial charge in [0.1, 0.15) is 27.3 Å². The lowest BCUT2D eigenvalue weighted by Crippen LogP contribution is -2.50. The number of anilines is 1. The third kappa shape index (κ3) is 8.41. The lowest BCUT2D eigenvalue weighted by molar-refractivity contribution is -0.0242. The molecule has 3 aromatic rings. The number of aryl methyl sites for hydroxylation is 2. The van der Waals surface area contributed by atoms with Gasteiger partial charge >= 0.3 is 6.16 Å². The number of amides is 2. The first-order valence-electron chi connectivity index (χ1n) is 19.3. The molecule has 2 aromatic carbocycles. The smallest absolute Gasteiger partial charge is 0.490 e. The van der Waals surface area contributed by atoms with Gasteiger partial charge in [-0.25, -0.2) is 9.00 Å². The van der Waals surface area contributed by atoms with Crippen LogP contribution < -0.4 is 19.1 Å². The van der Waals surface area contributed by atoms with Crippen LogP contribution >= 0.6 is 11.6 Å². The van der Waals surface area contributed by atoms with Gasteiger partial charge in [0.05, 0.1) is 31.3 Å². The number of allylic oxidation sites excluding steroid dienone is 1. The standard InChI is InChI=1S/C41H50ClN5O8S/c1-25(2)54-40(50)55-35-10-6-8-26(3)22-56(51,45-38(49)32-21-46(4)43-39(32)52-5)44-37(48)28-12-16-36-34(19-28)47(20-29-11-14-31(29)35)23-41(24-53-36)17-7-9-27-18-30(42)13-15-33(27)41/h6,10,12-13,15-16,18-19,21,25-26,29,31,35H,7-9,11,14,17,20,22-24H2,1-5H3,(H,44,45,48,49,51)/b10-6-/t26-,29-,31+,35-,41-,56?/m0/s1. The molecule has 15 heteroatoms. The molecule has 0 saturated heterocycles. The van der Waals surface area contributed by atoms with Gasteiger partial charge < -0.3 is 23.8 Å². The molecule has 2 aliphatic carbocycles. The van der Waals surface area contributed by atoms with Crippen molar-refractivity contribution in [3.63, 3.8) is 0 Å². The van der Waals surface area contributed by atoms with Crippen LogP contribution in [-0.2, 0) is 38.3 Å². The molecule has 56 heavy (non-hydrogen) atoms. The minimum absolute atomic E-state index is 0.00739. The van der Waals surface area contributed by atoms with Crippen LogP contribution in [0.25, 0.3) is 0 Å². The molecule has 2 aliphatic heterocycles. The monoisotopic (exact) mass is 807 g/mol. The summed E-state index contributed by atoms with van der Waals surface area (Å²) in [7, 11) is -0.677. The third-order valence-electron chi connectivity index (χ3n) is 11.3. The minimum Gasteiger partial charge on any atom is -0.490 e. The van der Waals surface area contributed by atoms with Crippen molar-refractivity contribution >= 4 is 45.2 Å². The molecular formula is C41H50ClN5O8S. The largest absolute Gasteiger partial charge is 0.509 e. The van der Waals surface area contributed by atoms with E-state index in [1.165, 1.54) is 29.1 Å². The first kappa shape index (κ1) is 39.7. The highest BCUT2D eigenvalue weighted by atomic mass is 35.5. The first-order chi connectivity index (χ1) is 26.7. The van der Waals surface area contributed by atoms with Gasteiger partial charge in [0.2, 0.25) is 5.88 Å². The Morgan fingerprint density at radius 1 is 1.16 bits per heavy atom. The number of nitrogens with one attached hydrogen (secondary N) is 1. The average molecular weight is 808 g/mol. The van der Waals surface area contributed by atoms with E-state index in [1.54, 1.807) is 39.1 Å². The van der Waals surface area contributed by atoms with E-state index in [2.05, 4.69) is 31.2 Å². The normalized spacial score (nSPS) is 28.1. The van der Waals surface area contributed by atoms with Gasteiger partial charge in [-0.15, -0.1) is 9.46 Å². The van der Waals surface area contributed by atoms with E-state index in [4.69, 9.17) is 30.5 Å². The number of ether oxygens (including phenoxy) is 4. The Hall–Kier alpha value is -4.56. The Labute approximate surface area is 333 Å². The summed E-state index contributed by atoms with van der Waals surface area (Å²) < 4.78 is 46.3. The average Bonchev–Trinajstić information content (AvgIpc) is 3.44. The van der Waals surface area contributed by atoms with Crippen LogP contribution in [-0.4, -0.2) is 76.7 Å². The Morgan fingerprint density at radius 2 is 1.98 bits per heavy atom. The Bertz CT molecular complexity index is 2160. The van der Waals surface area contributed by atoms with Crippen molar-refractivity contribution in [2.24, 2.45) is 29.2 Å². The molecule has 7 rings (SSSR count). The third-order valence-corrected chi connectivity index (χ3v) is 13.5. The second-order valence-corrected chi connectivity index (χ2v) is 18.4. The first-order valence-corrected chi connectivity index (χ1v) is 21.3. The zero-order valence-electron chi connectivity index (χ0n) is 32.5. The molecule has 1 spiro atoms. The highest BCUT2D eigenvalue weighted by Crippen LogP contribution is 2.47. The maximum atomic E-state index is 14.7. The number of benzene rings is 2. The number of fused-ring (bicyclic) bond motifs is 4. The van der Waals surface area contributed by atoms with Gasteiger partial charge in [-0.2, -0.15) is 0 Å². The minimum atomic E-state index is -3.69. The van der Waals surface area contributed by atoms with Crippen LogP contribution in [0.4, 0.5) is 10.5 Å². The predicted molar refractivity (Wildman–Crippen MR) is 213 cm³/mol. The molecule has 1 saturated carbocycles. The maximum absolute atomic E-state index is 14.7. The van der Waals surface area contributed by atoms with Crippen LogP contribution in [0.3, 0.4) is 0 Å². The fourth-order valence-corrected chi connectivity index (χ4v) is 10.6. The summed E-state index contributed by atoms with van der Waals surface area (Å²) in [6.07, 6.45) is 8.61. The number of carbonyl (C=O) groups excluding carboxylic acids is 3. The summed E-state index contributed by atoms with van der Waals surface area (Å²) in [5, 5.41) is 4.84. The van der Waals surface area contributed by atoms with Crippen LogP contribution in [0.2, 0.25) is 5.02 Å². The van der Waals surface area contributed by atoms with Crippen molar-refractivity contribution in [3.05, 3.63) is 82.0 Å². The number of halogens is 1. The fourth-order valence-electron chi connectivity index (χ4n) is 8.55. The lowest BCUT2D eigenvalue weighted by atomic mass is 9.68. The van der Waals surface area contributed by atoms with Gasteiger partial charge in [0.25, 0.3) is 11.8 Å². The van der Waals surface area contributed by atoms with E-state index in [0.717, 1.165) is 37.8 Å². The number of methoxy groups -OCH3 is 1. The van der Waals surface area contributed by atoms with E-state index < -0.39 is 34.0 Å². The molecule has 13 nitrogen and oxygen atoms in total. The van der Waals surface area contributed by atoms with Crippen LogP contribution in [0.1, 0.15) is 84.7 Å². The summed E-state index contributed by atoms with van der Waals surface area (Å²) in [6.45, 7) is 7.08. The maximum Gasteiger partial charge on any atom is 0.509 e. The van der Waals surface area contributed by atoms with Gasteiger partial charge in [-0.05, 0) is 112 Å². The van der Waals surface area contributed by atoms with Gasteiger partial charge in [-0.1, -0.05) is 30.7 Å². The van der Waals surface area contributed by atoms with Crippen molar-refractivity contribution in [1.82, 2.24) is 14.5 Å². The number of carbonyl (C=O) groups is 3. The molecule has 300 valence electrons. The van der Waals surface area contributed by atoms with E-state index in [1.807, 2.05) is 25.1 Å². The number of nitrogens with zero attached hydrogens (tertiary/aromatic N) is 4. The summed E-state index contributed by atoms with van der Waals surface area (Å²) in [4.78, 5) is 42.9. The Kier molecular flexibility index (Phi) is 11.4. The Morgan fingerprint density at radius 3 is 2.73 bits per heavy atom. The molecule has 1 fully saturated rings. The van der Waals surface area contributed by atoms with E-state index in [0.29, 0.717) is 36.9 Å². The second-order valence-electron chi connectivity index (χ2n) is 15.9. The van der Waals surface area contributed by atoms with Crippen molar-refractivity contribution in [2.45, 2.75) is 76.9 Å². The topological polar surface area (TPSA) is 151 Å². The van der Waals surface area contributed by atoms with E-state index in [-0.39, 0.29) is 52.0 Å². The summed E-state index contributed by atoms with van der Waals surface area (Å²) in [5.41, 5.74) is 3.05. The lowest BCUT2D eigenvalue weighted by Gasteiger charge is -2.45. The second kappa shape index (κ2) is 16.1. The number of hydrogen-bond acceptors (Lipinski definition) is 10. The molecular weight excluding hydrogens is 758 g/mol. The highest BCUT2D eigenvalue weighted by Gasteiger charge is 2.45. The highest BCUT2D eigenvalue weighted by molar-refractivity contribution is 7.92. The van der Waals surface area contributed by atoms with Crippen molar-refractivity contribution in [3.8, 4) is 11.6 Å². The van der Waals surface area contributed by atoms with E-state index in [9.17, 15) is 18.6 Å². The zero-order valence-corrected chi connectivity index (χ0v) is 34.1. The van der Waals surface area contributed by atoms with Gasteiger partial charge in [0, 0.05) is 48.3 Å². The van der Waals surface area contributed by atoms with Crippen molar-refractivity contribution < 1.29 is 37.5 Å². The number of aromatic nitrogens is 2. The Balaban J connectivity index is 1.31. The molecule has 2 bridgehead atoms. The zero-order chi connectivity index (χ0) is 39.8.